The number of rotatable bonds is 1. The number of aromatic nitrogens is 1. The lowest BCUT2D eigenvalue weighted by Gasteiger charge is -2.04. The van der Waals surface area contributed by atoms with E-state index in [-0.39, 0.29) is 0 Å². The zero-order valence-corrected chi connectivity index (χ0v) is 12.3. The summed E-state index contributed by atoms with van der Waals surface area (Å²) in [5.74, 6) is 0. The molecule has 96 valence electrons. The van der Waals surface area contributed by atoms with Crippen LogP contribution in [0.25, 0.3) is 32.9 Å². The lowest BCUT2D eigenvalue weighted by atomic mass is 10.00. The average Bonchev–Trinajstić information content (AvgIpc) is 2.86. The van der Waals surface area contributed by atoms with Crippen LogP contribution in [0, 0.1) is 0 Å². The Labute approximate surface area is 125 Å². The summed E-state index contributed by atoms with van der Waals surface area (Å²) >= 11 is 3.49. The van der Waals surface area contributed by atoms with Crippen LogP contribution >= 0.6 is 15.9 Å². The summed E-state index contributed by atoms with van der Waals surface area (Å²) in [5, 5.41) is 2.58. The van der Waals surface area contributed by atoms with Gasteiger partial charge in [-0.15, -0.1) is 0 Å². The summed E-state index contributed by atoms with van der Waals surface area (Å²) in [6, 6.07) is 23.4. The van der Waals surface area contributed by atoms with Crippen molar-refractivity contribution in [2.75, 3.05) is 0 Å². The van der Waals surface area contributed by atoms with Crippen molar-refractivity contribution in [1.29, 1.82) is 0 Å². The first kappa shape index (κ1) is 11.7. The first-order valence-electron chi connectivity index (χ1n) is 6.58. The average molecular weight is 322 g/mol. The van der Waals surface area contributed by atoms with Gasteiger partial charge in [0.15, 0.2) is 0 Å². The predicted octanol–water partition coefficient (Wildman–Crippen LogP) is 5.75. The molecule has 0 amide bonds. The Morgan fingerprint density at radius 3 is 2.30 bits per heavy atom. The lowest BCUT2D eigenvalue weighted by molar-refractivity contribution is 1.54. The Balaban J connectivity index is 2.11. The highest BCUT2D eigenvalue weighted by Gasteiger charge is 2.09. The summed E-state index contributed by atoms with van der Waals surface area (Å²) in [5.41, 5.74) is 4.88. The minimum atomic E-state index is 1.10. The van der Waals surface area contributed by atoms with E-state index in [0.717, 1.165) is 4.47 Å². The zero-order valence-electron chi connectivity index (χ0n) is 10.7. The molecule has 20 heavy (non-hydrogen) atoms. The fourth-order valence-electron chi connectivity index (χ4n) is 2.77. The van der Waals surface area contributed by atoms with Gasteiger partial charge in [0.05, 0.1) is 0 Å². The van der Waals surface area contributed by atoms with Gasteiger partial charge in [0.2, 0.25) is 0 Å². The second-order valence-corrected chi connectivity index (χ2v) is 5.82. The molecule has 0 fully saturated rings. The van der Waals surface area contributed by atoms with Crippen LogP contribution in [0.1, 0.15) is 0 Å². The normalized spacial score (nSPS) is 11.2. The van der Waals surface area contributed by atoms with E-state index in [1.54, 1.807) is 0 Å². The lowest BCUT2D eigenvalue weighted by Crippen LogP contribution is -1.79. The van der Waals surface area contributed by atoms with Crippen molar-refractivity contribution in [1.82, 2.24) is 4.98 Å². The molecular weight excluding hydrogens is 310 g/mol. The highest BCUT2D eigenvalue weighted by molar-refractivity contribution is 9.10. The molecule has 1 aromatic heterocycles. The Morgan fingerprint density at radius 2 is 1.45 bits per heavy atom. The highest BCUT2D eigenvalue weighted by atomic mass is 79.9. The fraction of sp³-hybridized carbons (Fsp3) is 0. The number of nitrogens with one attached hydrogen (secondary N) is 1. The summed E-state index contributed by atoms with van der Waals surface area (Å²) in [6.07, 6.45) is 0. The standard InChI is InChI=1S/C18H12BrN/c19-13-10-8-12(9-11-13)14-5-3-7-17-18(14)15-4-1-2-6-16(15)20-17/h1-11,20H. The predicted molar refractivity (Wildman–Crippen MR) is 88.9 cm³/mol. The molecule has 4 rings (SSSR count). The van der Waals surface area contributed by atoms with Gasteiger partial charge in [-0.3, -0.25) is 0 Å². The largest absolute Gasteiger partial charge is 0.354 e. The minimum Gasteiger partial charge on any atom is -0.354 e. The van der Waals surface area contributed by atoms with E-state index in [4.69, 9.17) is 0 Å². The van der Waals surface area contributed by atoms with Gasteiger partial charge in [0.25, 0.3) is 0 Å². The molecule has 0 aliphatic rings. The molecule has 4 aromatic rings. The first-order chi connectivity index (χ1) is 9.83. The highest BCUT2D eigenvalue weighted by Crippen LogP contribution is 2.34. The molecule has 3 aromatic carbocycles. The molecule has 0 saturated carbocycles. The van der Waals surface area contributed by atoms with Crippen molar-refractivity contribution in [2.45, 2.75) is 0 Å². The Bertz CT molecular complexity index is 904. The van der Waals surface area contributed by atoms with Crippen molar-refractivity contribution in [2.24, 2.45) is 0 Å². The molecule has 2 heteroatoms. The number of hydrogen-bond acceptors (Lipinski definition) is 0. The van der Waals surface area contributed by atoms with Gasteiger partial charge in [-0.05, 0) is 35.4 Å². The topological polar surface area (TPSA) is 15.8 Å². The number of halogens is 1. The molecule has 1 N–H and O–H groups in total. The minimum absolute atomic E-state index is 1.10. The molecular formula is C18H12BrN. The van der Waals surface area contributed by atoms with Crippen molar-refractivity contribution >= 4 is 37.7 Å². The van der Waals surface area contributed by atoms with Crippen LogP contribution in [0.2, 0.25) is 0 Å². The second kappa shape index (κ2) is 4.50. The Hall–Kier alpha value is -2.06. The van der Waals surface area contributed by atoms with E-state index in [1.165, 1.54) is 32.9 Å². The SMILES string of the molecule is Brc1ccc(-c2cccc3[nH]c4ccccc4c23)cc1. The number of H-pyrrole nitrogens is 1. The van der Waals surface area contributed by atoms with E-state index in [1.807, 2.05) is 0 Å². The molecule has 0 bridgehead atoms. The summed E-state index contributed by atoms with van der Waals surface area (Å²) < 4.78 is 1.10. The molecule has 0 aliphatic heterocycles. The van der Waals surface area contributed by atoms with Gasteiger partial charge in [0.1, 0.15) is 0 Å². The second-order valence-electron chi connectivity index (χ2n) is 4.91. The van der Waals surface area contributed by atoms with Crippen molar-refractivity contribution < 1.29 is 0 Å². The van der Waals surface area contributed by atoms with E-state index in [0.29, 0.717) is 0 Å². The maximum absolute atomic E-state index is 3.49. The van der Waals surface area contributed by atoms with Gasteiger partial charge in [-0.25, -0.2) is 0 Å². The third-order valence-corrected chi connectivity index (χ3v) is 4.21. The molecule has 0 saturated heterocycles. The third kappa shape index (κ3) is 1.76. The monoisotopic (exact) mass is 321 g/mol. The van der Waals surface area contributed by atoms with Gasteiger partial charge in [-0.2, -0.15) is 0 Å². The summed E-state index contributed by atoms with van der Waals surface area (Å²) in [7, 11) is 0. The maximum atomic E-state index is 3.49. The smallest absolute Gasteiger partial charge is 0.0471 e. The van der Waals surface area contributed by atoms with Gasteiger partial charge in [0, 0.05) is 26.3 Å². The van der Waals surface area contributed by atoms with Crippen LogP contribution in [-0.4, -0.2) is 4.98 Å². The summed E-state index contributed by atoms with van der Waals surface area (Å²) in [6.45, 7) is 0. The van der Waals surface area contributed by atoms with Crippen LogP contribution in [-0.2, 0) is 0 Å². The maximum Gasteiger partial charge on any atom is 0.0471 e. The van der Waals surface area contributed by atoms with Crippen LogP contribution in [0.5, 0.6) is 0 Å². The summed E-state index contributed by atoms with van der Waals surface area (Å²) in [4.78, 5) is 3.49. The van der Waals surface area contributed by atoms with E-state index in [9.17, 15) is 0 Å². The van der Waals surface area contributed by atoms with Crippen LogP contribution < -0.4 is 0 Å². The molecule has 1 nitrogen and oxygen atoms in total. The van der Waals surface area contributed by atoms with Gasteiger partial charge in [-0.1, -0.05) is 58.4 Å². The number of fused-ring (bicyclic) bond motifs is 3. The Kier molecular flexibility index (Phi) is 2.64. The molecule has 0 atom stereocenters. The van der Waals surface area contributed by atoms with E-state index in [2.05, 4.69) is 87.6 Å². The van der Waals surface area contributed by atoms with Crippen molar-refractivity contribution in [3.05, 3.63) is 71.2 Å². The Morgan fingerprint density at radius 1 is 0.700 bits per heavy atom. The van der Waals surface area contributed by atoms with E-state index < -0.39 is 0 Å². The molecule has 1 heterocycles. The number of benzene rings is 3. The number of aromatic amines is 1. The molecule has 0 radical (unpaired) electrons. The molecule has 0 unspecified atom stereocenters. The number of hydrogen-bond donors (Lipinski definition) is 1. The fourth-order valence-corrected chi connectivity index (χ4v) is 3.04. The number of para-hydroxylation sites is 1. The zero-order chi connectivity index (χ0) is 13.5. The van der Waals surface area contributed by atoms with Gasteiger partial charge >= 0.3 is 0 Å². The van der Waals surface area contributed by atoms with Gasteiger partial charge < -0.3 is 4.98 Å². The van der Waals surface area contributed by atoms with Crippen LogP contribution in [0.4, 0.5) is 0 Å². The van der Waals surface area contributed by atoms with Crippen molar-refractivity contribution in [3.63, 3.8) is 0 Å². The van der Waals surface area contributed by atoms with Crippen LogP contribution in [0.3, 0.4) is 0 Å². The quantitative estimate of drug-likeness (QED) is 0.459. The van der Waals surface area contributed by atoms with E-state index >= 15 is 0 Å². The molecule has 0 spiro atoms. The first-order valence-corrected chi connectivity index (χ1v) is 7.37. The molecule has 0 aliphatic carbocycles. The van der Waals surface area contributed by atoms with Crippen molar-refractivity contribution in [3.8, 4) is 11.1 Å². The van der Waals surface area contributed by atoms with Crippen LogP contribution in [0.15, 0.2) is 71.2 Å². The third-order valence-electron chi connectivity index (χ3n) is 3.69.